The van der Waals surface area contributed by atoms with Gasteiger partial charge in [0, 0.05) is 0 Å². The molecule has 0 aliphatic carbocycles. The number of nitrogens with one attached hydrogen (secondary N) is 1. The van der Waals surface area contributed by atoms with Gasteiger partial charge in [0.05, 0.1) is 25.6 Å². The highest BCUT2D eigenvalue weighted by Gasteiger charge is 2.30. The van der Waals surface area contributed by atoms with Gasteiger partial charge in [0.1, 0.15) is 23.8 Å². The molecule has 1 aliphatic heterocycles. The molecule has 4 rings (SSSR count). The van der Waals surface area contributed by atoms with Crippen molar-refractivity contribution in [3.63, 3.8) is 0 Å². The minimum Gasteiger partial charge on any atom is -0.436 e. The fourth-order valence-electron chi connectivity index (χ4n) is 3.08. The first-order valence-corrected chi connectivity index (χ1v) is 10.8. The molecule has 3 heterocycles. The molecule has 2 aromatic heterocycles. The fourth-order valence-corrected chi connectivity index (χ4v) is 4.30. The summed E-state index contributed by atoms with van der Waals surface area (Å²) in [7, 11) is -1.49. The van der Waals surface area contributed by atoms with Crippen molar-refractivity contribution in [2.75, 3.05) is 18.9 Å². The Kier molecular flexibility index (Phi) is 6.71. The molecule has 10 nitrogen and oxygen atoms in total. The SMILES string of the molecule is Nc1nc(Cl)nc2c1ncn2C1CCC(COP(NCC=O)Oc2ccccc2)O1. The highest BCUT2D eigenvalue weighted by atomic mass is 35.5. The smallest absolute Gasteiger partial charge is 0.318 e. The largest absolute Gasteiger partial charge is 0.436 e. The summed E-state index contributed by atoms with van der Waals surface area (Å²) in [6.07, 6.45) is 3.50. The molecule has 3 aromatic rings. The van der Waals surface area contributed by atoms with Gasteiger partial charge in [-0.1, -0.05) is 18.2 Å². The molecule has 3 unspecified atom stereocenters. The monoisotopic (exact) mass is 450 g/mol. The van der Waals surface area contributed by atoms with Crippen LogP contribution < -0.4 is 15.3 Å². The van der Waals surface area contributed by atoms with E-state index >= 15 is 0 Å². The van der Waals surface area contributed by atoms with E-state index in [-0.39, 0.29) is 30.0 Å². The Morgan fingerprint density at radius 2 is 2.17 bits per heavy atom. The predicted octanol–water partition coefficient (Wildman–Crippen LogP) is 2.85. The van der Waals surface area contributed by atoms with E-state index in [0.29, 0.717) is 23.5 Å². The van der Waals surface area contributed by atoms with Crippen molar-refractivity contribution in [3.05, 3.63) is 41.9 Å². The topological polar surface area (TPSA) is 126 Å². The number of aldehydes is 1. The van der Waals surface area contributed by atoms with Crippen LogP contribution in [-0.4, -0.2) is 45.1 Å². The van der Waals surface area contributed by atoms with Gasteiger partial charge in [0.2, 0.25) is 5.28 Å². The van der Waals surface area contributed by atoms with Crippen LogP contribution in [0.1, 0.15) is 19.1 Å². The average molecular weight is 451 g/mol. The van der Waals surface area contributed by atoms with Gasteiger partial charge < -0.3 is 24.3 Å². The molecule has 0 amide bonds. The number of imidazole rings is 1. The highest BCUT2D eigenvalue weighted by molar-refractivity contribution is 7.45. The number of hydrogen-bond acceptors (Lipinski definition) is 9. The van der Waals surface area contributed by atoms with E-state index in [4.69, 9.17) is 31.1 Å². The number of para-hydroxylation sites is 1. The third-order valence-electron chi connectivity index (χ3n) is 4.43. The van der Waals surface area contributed by atoms with Gasteiger partial charge in [0.25, 0.3) is 0 Å². The number of carbonyl (C=O) groups excluding carboxylic acids is 1. The standard InChI is InChI=1S/C18H20ClN6O4P/c19-18-23-16(20)15-17(24-18)25(11-21-15)14-7-6-13(28-14)10-27-30(22-8-9-26)29-12-4-2-1-3-5-12/h1-5,9,11,13-14,22H,6-8,10H2,(H2,20,23,24). The first-order chi connectivity index (χ1) is 14.6. The lowest BCUT2D eigenvalue weighted by Crippen LogP contribution is -2.20. The van der Waals surface area contributed by atoms with Gasteiger partial charge in [-0.25, -0.2) is 10.1 Å². The van der Waals surface area contributed by atoms with Crippen LogP contribution in [0.25, 0.3) is 11.2 Å². The number of nitrogen functional groups attached to an aromatic ring is 1. The lowest BCUT2D eigenvalue weighted by molar-refractivity contribution is -0.106. The van der Waals surface area contributed by atoms with Crippen molar-refractivity contribution in [1.29, 1.82) is 0 Å². The maximum absolute atomic E-state index is 10.7. The summed E-state index contributed by atoms with van der Waals surface area (Å²) in [6, 6.07) is 9.28. The summed E-state index contributed by atoms with van der Waals surface area (Å²) in [5, 5.41) is 3.01. The fraction of sp³-hybridized carbons (Fsp3) is 0.333. The molecule has 1 saturated heterocycles. The predicted molar refractivity (Wildman–Crippen MR) is 112 cm³/mol. The van der Waals surface area contributed by atoms with Crippen molar-refractivity contribution in [1.82, 2.24) is 24.6 Å². The molecule has 158 valence electrons. The van der Waals surface area contributed by atoms with Crippen LogP contribution in [0.15, 0.2) is 36.7 Å². The van der Waals surface area contributed by atoms with Crippen LogP contribution in [0.4, 0.5) is 5.82 Å². The van der Waals surface area contributed by atoms with Gasteiger partial charge in [0.15, 0.2) is 11.5 Å². The number of benzene rings is 1. The number of nitrogens with zero attached hydrogens (tertiary/aromatic N) is 4. The number of ether oxygens (including phenoxy) is 1. The molecule has 0 spiro atoms. The number of fused-ring (bicyclic) bond motifs is 1. The van der Waals surface area contributed by atoms with E-state index in [2.05, 4.69) is 20.0 Å². The lowest BCUT2D eigenvalue weighted by atomic mass is 10.2. The minimum absolute atomic E-state index is 0.0598. The van der Waals surface area contributed by atoms with Crippen LogP contribution in [0, 0.1) is 0 Å². The molecule has 30 heavy (non-hydrogen) atoms. The lowest BCUT2D eigenvalue weighted by Gasteiger charge is -2.20. The quantitative estimate of drug-likeness (QED) is 0.287. The Balaban J connectivity index is 1.37. The summed E-state index contributed by atoms with van der Waals surface area (Å²) >= 11 is 5.93. The van der Waals surface area contributed by atoms with Crippen molar-refractivity contribution >= 4 is 43.4 Å². The van der Waals surface area contributed by atoms with E-state index in [1.54, 1.807) is 10.9 Å². The summed E-state index contributed by atoms with van der Waals surface area (Å²) < 4.78 is 19.6. The van der Waals surface area contributed by atoms with Gasteiger partial charge in [-0.3, -0.25) is 4.57 Å². The Morgan fingerprint density at radius 1 is 1.33 bits per heavy atom. The molecule has 12 heteroatoms. The number of rotatable bonds is 9. The Morgan fingerprint density at radius 3 is 2.97 bits per heavy atom. The van der Waals surface area contributed by atoms with Gasteiger partial charge in [-0.2, -0.15) is 9.97 Å². The second-order valence-electron chi connectivity index (χ2n) is 6.48. The number of carbonyl (C=O) groups is 1. The zero-order valence-electron chi connectivity index (χ0n) is 15.8. The molecule has 0 saturated carbocycles. The second kappa shape index (κ2) is 9.63. The Bertz CT molecular complexity index is 1010. The number of hydrogen-bond donors (Lipinski definition) is 2. The van der Waals surface area contributed by atoms with E-state index in [1.807, 2.05) is 30.3 Å². The van der Waals surface area contributed by atoms with E-state index in [0.717, 1.165) is 19.1 Å². The van der Waals surface area contributed by atoms with E-state index in [9.17, 15) is 4.79 Å². The Hall–Kier alpha value is -2.36. The third-order valence-corrected chi connectivity index (χ3v) is 5.80. The number of anilines is 1. The molecule has 1 fully saturated rings. The third kappa shape index (κ3) is 4.85. The molecular weight excluding hydrogens is 431 g/mol. The maximum Gasteiger partial charge on any atom is 0.318 e. The van der Waals surface area contributed by atoms with Crippen molar-refractivity contribution in [2.24, 2.45) is 0 Å². The second-order valence-corrected chi connectivity index (χ2v) is 8.09. The maximum atomic E-state index is 10.7. The van der Waals surface area contributed by atoms with Crippen molar-refractivity contribution in [3.8, 4) is 5.75 Å². The molecule has 1 aromatic carbocycles. The summed E-state index contributed by atoms with van der Waals surface area (Å²) in [6.45, 7) is 0.445. The zero-order chi connectivity index (χ0) is 20.9. The van der Waals surface area contributed by atoms with Crippen LogP contribution in [-0.2, 0) is 14.1 Å². The summed E-state index contributed by atoms with van der Waals surface area (Å²) in [4.78, 5) is 23.1. The minimum atomic E-state index is -1.49. The highest BCUT2D eigenvalue weighted by Crippen LogP contribution is 2.37. The van der Waals surface area contributed by atoms with Gasteiger partial charge in [-0.05, 0) is 36.6 Å². The van der Waals surface area contributed by atoms with Crippen molar-refractivity contribution < 1.29 is 18.6 Å². The van der Waals surface area contributed by atoms with Crippen LogP contribution >= 0.6 is 20.1 Å². The zero-order valence-corrected chi connectivity index (χ0v) is 17.5. The number of aromatic nitrogens is 4. The van der Waals surface area contributed by atoms with Crippen LogP contribution in [0.2, 0.25) is 5.28 Å². The molecule has 3 atom stereocenters. The van der Waals surface area contributed by atoms with Gasteiger partial charge >= 0.3 is 8.53 Å². The first-order valence-electron chi connectivity index (χ1n) is 9.28. The van der Waals surface area contributed by atoms with Crippen LogP contribution in [0.5, 0.6) is 5.75 Å². The average Bonchev–Trinajstić information content (AvgIpc) is 3.37. The van der Waals surface area contributed by atoms with Crippen molar-refractivity contribution in [2.45, 2.75) is 25.2 Å². The molecule has 3 N–H and O–H groups in total. The molecule has 0 radical (unpaired) electrons. The van der Waals surface area contributed by atoms with E-state index < -0.39 is 8.53 Å². The molecular formula is C18H20ClN6O4P. The molecule has 1 aliphatic rings. The number of nitrogens with two attached hydrogens (primary N) is 1. The van der Waals surface area contributed by atoms with E-state index in [1.165, 1.54) is 0 Å². The normalized spacial score (nSPS) is 19.8. The first kappa shape index (κ1) is 20.9. The molecule has 0 bridgehead atoms. The summed E-state index contributed by atoms with van der Waals surface area (Å²) in [5.41, 5.74) is 6.88. The van der Waals surface area contributed by atoms with Gasteiger partial charge in [-0.15, -0.1) is 0 Å². The number of halogens is 1. The van der Waals surface area contributed by atoms with Crippen LogP contribution in [0.3, 0.4) is 0 Å². The Labute approximate surface area is 178 Å². The summed E-state index contributed by atoms with van der Waals surface area (Å²) in [5.74, 6) is 0.887.